The Hall–Kier alpha value is -0.863. The van der Waals surface area contributed by atoms with Gasteiger partial charge < -0.3 is 4.74 Å². The zero-order chi connectivity index (χ0) is 13.7. The van der Waals surface area contributed by atoms with E-state index < -0.39 is 8.07 Å². The van der Waals surface area contributed by atoms with E-state index in [1.165, 1.54) is 6.42 Å². The average molecular weight is 273 g/mol. The van der Waals surface area contributed by atoms with Gasteiger partial charge in [0.25, 0.3) is 0 Å². The Kier molecular flexibility index (Phi) is 5.00. The van der Waals surface area contributed by atoms with Crippen molar-refractivity contribution in [1.29, 1.82) is 0 Å². The molecule has 0 aromatic heterocycles. The Morgan fingerprint density at radius 3 is 2.68 bits per heavy atom. The van der Waals surface area contributed by atoms with Gasteiger partial charge in [0, 0.05) is 6.61 Å². The summed E-state index contributed by atoms with van der Waals surface area (Å²) in [5.41, 5.74) is 0.738. The summed E-state index contributed by atoms with van der Waals surface area (Å²) in [7, 11) is -1.40. The first-order valence-corrected chi connectivity index (χ1v) is 10.3. The molecule has 1 aliphatic rings. The maximum atomic E-state index is 5.97. The standard InChI is InChI=1S/C17H25OSi/c1-4-5-7-10-15-13-17(14-18-15)19(2,3)16-11-8-6-9-12-16/h4-6,8-12,15,17H,7,13-14H2,1-3H3/b5-4+/t15-,17+/m1/s1. The molecule has 19 heavy (non-hydrogen) atoms. The summed E-state index contributed by atoms with van der Waals surface area (Å²) in [6, 6.07) is 11.0. The third kappa shape index (κ3) is 3.58. The van der Waals surface area contributed by atoms with Crippen molar-refractivity contribution in [2.75, 3.05) is 6.61 Å². The van der Waals surface area contributed by atoms with E-state index in [1.807, 2.05) is 0 Å². The van der Waals surface area contributed by atoms with E-state index in [-0.39, 0.29) is 0 Å². The van der Waals surface area contributed by atoms with Crippen LogP contribution in [0.5, 0.6) is 0 Å². The summed E-state index contributed by atoms with van der Waals surface area (Å²) in [5.74, 6) is 0. The highest BCUT2D eigenvalue weighted by Crippen LogP contribution is 2.35. The molecule has 1 radical (unpaired) electrons. The molecule has 1 aliphatic heterocycles. The first-order valence-electron chi connectivity index (χ1n) is 7.26. The zero-order valence-corrected chi connectivity index (χ0v) is 13.3. The van der Waals surface area contributed by atoms with Gasteiger partial charge >= 0.3 is 0 Å². The average Bonchev–Trinajstić information content (AvgIpc) is 2.90. The molecule has 1 aromatic carbocycles. The highest BCUT2D eigenvalue weighted by Gasteiger charge is 2.39. The molecule has 0 spiro atoms. The maximum absolute atomic E-state index is 5.97. The fraction of sp³-hybridized carbons (Fsp3) is 0.471. The molecule has 2 rings (SSSR count). The number of hydrogen-bond donors (Lipinski definition) is 0. The number of rotatable bonds is 5. The topological polar surface area (TPSA) is 9.23 Å². The van der Waals surface area contributed by atoms with Crippen LogP contribution in [0.15, 0.2) is 42.5 Å². The Balaban J connectivity index is 1.96. The second-order valence-corrected chi connectivity index (χ2v) is 10.8. The summed E-state index contributed by atoms with van der Waals surface area (Å²) in [5, 5.41) is 1.55. The Morgan fingerprint density at radius 2 is 2.00 bits per heavy atom. The van der Waals surface area contributed by atoms with E-state index >= 15 is 0 Å². The van der Waals surface area contributed by atoms with Gasteiger partial charge in [-0.2, -0.15) is 0 Å². The van der Waals surface area contributed by atoms with Crippen molar-refractivity contribution in [2.45, 2.75) is 44.5 Å². The van der Waals surface area contributed by atoms with Gasteiger partial charge in [0.2, 0.25) is 0 Å². The molecule has 0 aliphatic carbocycles. The lowest BCUT2D eigenvalue weighted by molar-refractivity contribution is 0.133. The molecule has 0 amide bonds. The van der Waals surface area contributed by atoms with Crippen molar-refractivity contribution in [3.8, 4) is 0 Å². The third-order valence-electron chi connectivity index (χ3n) is 4.34. The molecule has 1 nitrogen and oxygen atoms in total. The van der Waals surface area contributed by atoms with E-state index in [4.69, 9.17) is 4.74 Å². The number of ether oxygens (including phenoxy) is 1. The van der Waals surface area contributed by atoms with Gasteiger partial charge in [0.05, 0.1) is 14.2 Å². The third-order valence-corrected chi connectivity index (χ3v) is 8.60. The first-order chi connectivity index (χ1) is 9.14. The first kappa shape index (κ1) is 14.5. The molecule has 103 valence electrons. The maximum Gasteiger partial charge on any atom is 0.0860 e. The quantitative estimate of drug-likeness (QED) is 0.583. The van der Waals surface area contributed by atoms with Gasteiger partial charge in [-0.15, -0.1) is 0 Å². The highest BCUT2D eigenvalue weighted by molar-refractivity contribution is 6.91. The van der Waals surface area contributed by atoms with Gasteiger partial charge in [-0.1, -0.05) is 60.8 Å². The van der Waals surface area contributed by atoms with Gasteiger partial charge in [-0.25, -0.2) is 0 Å². The largest absolute Gasteiger partial charge is 0.378 e. The predicted molar refractivity (Wildman–Crippen MR) is 85.4 cm³/mol. The van der Waals surface area contributed by atoms with Crippen LogP contribution in [0.4, 0.5) is 0 Å². The SMILES string of the molecule is C/C=C/C[CH][C@@H]1C[C@H]([Si](C)(C)c2ccccc2)CO1. The monoisotopic (exact) mass is 273 g/mol. The van der Waals surface area contributed by atoms with Crippen molar-refractivity contribution in [1.82, 2.24) is 0 Å². The molecule has 2 heteroatoms. The lowest BCUT2D eigenvalue weighted by Gasteiger charge is -2.29. The highest BCUT2D eigenvalue weighted by atomic mass is 28.3. The molecule has 0 bridgehead atoms. The smallest absolute Gasteiger partial charge is 0.0860 e. The number of hydrogen-bond acceptors (Lipinski definition) is 1. The van der Waals surface area contributed by atoms with Crippen LogP contribution < -0.4 is 5.19 Å². The van der Waals surface area contributed by atoms with Crippen molar-refractivity contribution >= 4 is 13.3 Å². The van der Waals surface area contributed by atoms with E-state index in [0.29, 0.717) is 6.10 Å². The van der Waals surface area contributed by atoms with Crippen molar-refractivity contribution in [3.63, 3.8) is 0 Å². The Labute approximate surface area is 118 Å². The predicted octanol–water partition coefficient (Wildman–Crippen LogP) is 3.93. The minimum atomic E-state index is -1.40. The molecular formula is C17H25OSi. The molecule has 0 unspecified atom stereocenters. The number of benzene rings is 1. The van der Waals surface area contributed by atoms with E-state index in [2.05, 4.69) is 68.9 Å². The number of allylic oxidation sites excluding steroid dienone is 2. The summed E-state index contributed by atoms with van der Waals surface area (Å²) < 4.78 is 5.97. The summed E-state index contributed by atoms with van der Waals surface area (Å²) in [4.78, 5) is 0. The van der Waals surface area contributed by atoms with Crippen LogP contribution in [-0.2, 0) is 4.74 Å². The van der Waals surface area contributed by atoms with Crippen LogP contribution in [0.2, 0.25) is 18.6 Å². The van der Waals surface area contributed by atoms with Gasteiger partial charge in [-0.3, -0.25) is 0 Å². The molecule has 1 aromatic rings. The summed E-state index contributed by atoms with van der Waals surface area (Å²) in [6.07, 6.45) is 9.20. The zero-order valence-electron chi connectivity index (χ0n) is 12.3. The van der Waals surface area contributed by atoms with Crippen LogP contribution in [0, 0.1) is 6.42 Å². The minimum Gasteiger partial charge on any atom is -0.378 e. The molecule has 2 atom stereocenters. The van der Waals surface area contributed by atoms with Gasteiger partial charge in [-0.05, 0) is 31.7 Å². The van der Waals surface area contributed by atoms with Crippen LogP contribution >= 0.6 is 0 Å². The molecule has 0 N–H and O–H groups in total. The summed E-state index contributed by atoms with van der Waals surface area (Å²) >= 11 is 0. The van der Waals surface area contributed by atoms with Crippen molar-refractivity contribution in [2.24, 2.45) is 0 Å². The lowest BCUT2D eigenvalue weighted by Crippen LogP contribution is -2.46. The van der Waals surface area contributed by atoms with Crippen LogP contribution in [0.25, 0.3) is 0 Å². The van der Waals surface area contributed by atoms with Crippen molar-refractivity contribution < 1.29 is 4.74 Å². The van der Waals surface area contributed by atoms with E-state index in [9.17, 15) is 0 Å². The van der Waals surface area contributed by atoms with Crippen molar-refractivity contribution in [3.05, 3.63) is 48.9 Å². The molecule has 0 saturated carbocycles. The van der Waals surface area contributed by atoms with Crippen LogP contribution in [-0.4, -0.2) is 20.8 Å². The lowest BCUT2D eigenvalue weighted by atomic mass is 10.1. The second kappa shape index (κ2) is 6.53. The minimum absolute atomic E-state index is 0.358. The molecule has 1 fully saturated rings. The van der Waals surface area contributed by atoms with Gasteiger partial charge in [0.1, 0.15) is 0 Å². The van der Waals surface area contributed by atoms with E-state index in [0.717, 1.165) is 18.6 Å². The second-order valence-electron chi connectivity index (χ2n) is 5.93. The fourth-order valence-electron chi connectivity index (χ4n) is 2.79. The molecule has 1 saturated heterocycles. The Morgan fingerprint density at radius 1 is 1.26 bits per heavy atom. The van der Waals surface area contributed by atoms with Gasteiger partial charge in [0.15, 0.2) is 0 Å². The van der Waals surface area contributed by atoms with E-state index in [1.54, 1.807) is 5.19 Å². The Bertz CT molecular complexity index is 411. The fourth-order valence-corrected chi connectivity index (χ4v) is 5.65. The molecule has 1 heterocycles. The van der Waals surface area contributed by atoms with Crippen LogP contribution in [0.3, 0.4) is 0 Å². The van der Waals surface area contributed by atoms with Crippen LogP contribution in [0.1, 0.15) is 19.8 Å². The molecular weight excluding hydrogens is 248 g/mol. The summed E-state index contributed by atoms with van der Waals surface area (Å²) in [6.45, 7) is 7.96. The normalized spacial score (nSPS) is 24.2.